The van der Waals surface area contributed by atoms with Crippen molar-refractivity contribution in [2.45, 2.75) is 39.5 Å². The maximum atomic E-state index is 10.5. The second-order valence-electron chi connectivity index (χ2n) is 6.05. The van der Waals surface area contributed by atoms with Gasteiger partial charge in [-0.15, -0.1) is 0 Å². The van der Waals surface area contributed by atoms with E-state index in [-0.39, 0.29) is 0 Å². The van der Waals surface area contributed by atoms with Gasteiger partial charge in [-0.3, -0.25) is 4.90 Å². The van der Waals surface area contributed by atoms with Crippen molar-refractivity contribution in [3.05, 3.63) is 70.2 Å². The van der Waals surface area contributed by atoms with Gasteiger partial charge >= 0.3 is 0 Å². The van der Waals surface area contributed by atoms with E-state index in [1.54, 1.807) is 0 Å². The van der Waals surface area contributed by atoms with Crippen LogP contribution in [0.5, 0.6) is 0 Å². The Labute approximate surface area is 138 Å². The summed E-state index contributed by atoms with van der Waals surface area (Å²) in [5.74, 6) is 0. The van der Waals surface area contributed by atoms with Crippen molar-refractivity contribution in [3.63, 3.8) is 0 Å². The first-order valence-corrected chi connectivity index (χ1v) is 8.07. The number of aliphatic hydroxyl groups excluding tert-OH is 1. The maximum absolute atomic E-state index is 10.5. The number of halogens is 1. The van der Waals surface area contributed by atoms with E-state index in [1.807, 2.05) is 24.3 Å². The van der Waals surface area contributed by atoms with Crippen LogP contribution in [-0.4, -0.2) is 22.6 Å². The van der Waals surface area contributed by atoms with Gasteiger partial charge in [0.1, 0.15) is 0 Å². The van der Waals surface area contributed by atoms with E-state index in [2.05, 4.69) is 49.9 Å². The summed E-state index contributed by atoms with van der Waals surface area (Å²) in [5.41, 5.74) is 3.31. The fourth-order valence-electron chi connectivity index (χ4n) is 2.45. The molecule has 0 amide bonds. The number of hydrogen-bond acceptors (Lipinski definition) is 2. The highest BCUT2D eigenvalue weighted by atomic mass is 35.5. The Bertz CT molecular complexity index is 595. The van der Waals surface area contributed by atoms with Gasteiger partial charge in [-0.25, -0.2) is 0 Å². The minimum absolute atomic E-state index is 0.346. The maximum Gasteiger partial charge on any atom is 0.0931 e. The molecule has 118 valence electrons. The van der Waals surface area contributed by atoms with E-state index in [1.165, 1.54) is 11.1 Å². The van der Waals surface area contributed by atoms with Gasteiger partial charge < -0.3 is 5.11 Å². The van der Waals surface area contributed by atoms with Gasteiger partial charge in [0.2, 0.25) is 0 Å². The summed E-state index contributed by atoms with van der Waals surface area (Å²) < 4.78 is 0. The van der Waals surface area contributed by atoms with Crippen LogP contribution in [-0.2, 0) is 6.54 Å². The van der Waals surface area contributed by atoms with Crippen molar-refractivity contribution in [2.24, 2.45) is 0 Å². The van der Waals surface area contributed by atoms with Crippen LogP contribution in [0.15, 0.2) is 48.5 Å². The van der Waals surface area contributed by atoms with E-state index in [4.69, 9.17) is 11.6 Å². The van der Waals surface area contributed by atoms with Crippen molar-refractivity contribution in [1.29, 1.82) is 0 Å². The number of hydrogen-bond donors (Lipinski definition) is 1. The monoisotopic (exact) mass is 317 g/mol. The topological polar surface area (TPSA) is 23.5 Å². The molecule has 0 aliphatic heterocycles. The van der Waals surface area contributed by atoms with Gasteiger partial charge in [0.15, 0.2) is 0 Å². The van der Waals surface area contributed by atoms with Crippen molar-refractivity contribution in [2.75, 3.05) is 6.54 Å². The fraction of sp³-hybridized carbons (Fsp3) is 0.368. The van der Waals surface area contributed by atoms with Gasteiger partial charge in [0.25, 0.3) is 0 Å². The minimum Gasteiger partial charge on any atom is -0.387 e. The molecule has 0 saturated carbocycles. The number of aryl methyl sites for hydroxylation is 1. The molecule has 0 aliphatic rings. The first-order chi connectivity index (χ1) is 10.5. The molecule has 0 radical (unpaired) electrons. The molecule has 0 spiro atoms. The molecule has 2 rings (SSSR count). The highest BCUT2D eigenvalue weighted by molar-refractivity contribution is 6.31. The molecule has 0 heterocycles. The van der Waals surface area contributed by atoms with Crippen LogP contribution in [0.2, 0.25) is 5.02 Å². The zero-order valence-corrected chi connectivity index (χ0v) is 14.2. The highest BCUT2D eigenvalue weighted by Crippen LogP contribution is 2.24. The SMILES string of the molecule is Cc1ccc(CN(CC(O)c2ccccc2Cl)C(C)C)cc1. The second-order valence-corrected chi connectivity index (χ2v) is 6.45. The molecule has 2 aromatic carbocycles. The average Bonchev–Trinajstić information content (AvgIpc) is 2.49. The zero-order chi connectivity index (χ0) is 16.1. The largest absolute Gasteiger partial charge is 0.387 e. The molecule has 0 fully saturated rings. The van der Waals surface area contributed by atoms with E-state index >= 15 is 0 Å². The highest BCUT2D eigenvalue weighted by Gasteiger charge is 2.18. The molecule has 0 bridgehead atoms. The van der Waals surface area contributed by atoms with Gasteiger partial charge in [-0.2, -0.15) is 0 Å². The lowest BCUT2D eigenvalue weighted by Crippen LogP contribution is -2.34. The lowest BCUT2D eigenvalue weighted by atomic mass is 10.1. The van der Waals surface area contributed by atoms with Crippen molar-refractivity contribution in [3.8, 4) is 0 Å². The molecule has 2 nitrogen and oxygen atoms in total. The van der Waals surface area contributed by atoms with E-state index in [0.29, 0.717) is 17.6 Å². The number of nitrogens with zero attached hydrogens (tertiary/aromatic N) is 1. The lowest BCUT2D eigenvalue weighted by molar-refractivity contribution is 0.0908. The summed E-state index contributed by atoms with van der Waals surface area (Å²) in [7, 11) is 0. The minimum atomic E-state index is -0.582. The Balaban J connectivity index is 2.08. The molecular formula is C19H24ClNO. The summed E-state index contributed by atoms with van der Waals surface area (Å²) in [6, 6.07) is 16.4. The predicted octanol–water partition coefficient (Wildman–Crippen LogP) is 4.59. The third-order valence-corrected chi connectivity index (χ3v) is 4.25. The predicted molar refractivity (Wildman–Crippen MR) is 93.1 cm³/mol. The summed E-state index contributed by atoms with van der Waals surface area (Å²) >= 11 is 6.18. The first-order valence-electron chi connectivity index (χ1n) is 7.69. The molecular weight excluding hydrogens is 294 g/mol. The Kier molecular flexibility index (Phi) is 6.01. The summed E-state index contributed by atoms with van der Waals surface area (Å²) in [6.45, 7) is 7.76. The molecule has 1 atom stereocenters. The summed E-state index contributed by atoms with van der Waals surface area (Å²) in [5, 5.41) is 11.1. The van der Waals surface area contributed by atoms with Crippen molar-refractivity contribution in [1.82, 2.24) is 4.90 Å². The van der Waals surface area contributed by atoms with Crippen LogP contribution >= 0.6 is 11.6 Å². The molecule has 0 aliphatic carbocycles. The van der Waals surface area contributed by atoms with Crippen LogP contribution in [0, 0.1) is 6.92 Å². The smallest absolute Gasteiger partial charge is 0.0931 e. The number of aliphatic hydroxyl groups is 1. The normalized spacial score (nSPS) is 12.9. The number of rotatable bonds is 6. The summed E-state index contributed by atoms with van der Waals surface area (Å²) in [6.07, 6.45) is -0.582. The Hall–Kier alpha value is -1.35. The van der Waals surface area contributed by atoms with Crippen LogP contribution in [0.3, 0.4) is 0 Å². The van der Waals surface area contributed by atoms with E-state index in [0.717, 1.165) is 12.1 Å². The van der Waals surface area contributed by atoms with Crippen molar-refractivity contribution < 1.29 is 5.11 Å². The molecule has 0 saturated heterocycles. The van der Waals surface area contributed by atoms with E-state index in [9.17, 15) is 5.11 Å². The lowest BCUT2D eigenvalue weighted by Gasteiger charge is -2.29. The Morgan fingerprint density at radius 3 is 2.27 bits per heavy atom. The molecule has 1 unspecified atom stereocenters. The quantitative estimate of drug-likeness (QED) is 0.842. The third-order valence-electron chi connectivity index (χ3n) is 3.91. The average molecular weight is 318 g/mol. The Morgan fingerprint density at radius 1 is 1.05 bits per heavy atom. The van der Waals surface area contributed by atoms with Gasteiger partial charge in [-0.1, -0.05) is 59.6 Å². The number of benzene rings is 2. The molecule has 2 aromatic rings. The second kappa shape index (κ2) is 7.77. The molecule has 22 heavy (non-hydrogen) atoms. The van der Waals surface area contributed by atoms with Crippen LogP contribution in [0.1, 0.15) is 36.6 Å². The fourth-order valence-corrected chi connectivity index (χ4v) is 2.71. The molecule has 3 heteroatoms. The molecule has 1 N–H and O–H groups in total. The molecule has 0 aromatic heterocycles. The van der Waals surface area contributed by atoms with Gasteiger partial charge in [0, 0.05) is 29.7 Å². The van der Waals surface area contributed by atoms with E-state index < -0.39 is 6.10 Å². The summed E-state index contributed by atoms with van der Waals surface area (Å²) in [4.78, 5) is 2.26. The Morgan fingerprint density at radius 2 is 1.68 bits per heavy atom. The van der Waals surface area contributed by atoms with Crippen LogP contribution in [0.4, 0.5) is 0 Å². The van der Waals surface area contributed by atoms with Gasteiger partial charge in [-0.05, 0) is 32.4 Å². The van der Waals surface area contributed by atoms with Crippen LogP contribution in [0.25, 0.3) is 0 Å². The van der Waals surface area contributed by atoms with Crippen LogP contribution < -0.4 is 0 Å². The standard InChI is InChI=1S/C19H24ClNO/c1-14(2)21(12-16-10-8-15(3)9-11-16)13-19(22)17-6-4-5-7-18(17)20/h4-11,14,19,22H,12-13H2,1-3H3. The van der Waals surface area contributed by atoms with Gasteiger partial charge in [0.05, 0.1) is 6.10 Å². The first kappa shape index (κ1) is 17.0. The third kappa shape index (κ3) is 4.57. The van der Waals surface area contributed by atoms with Crippen molar-refractivity contribution >= 4 is 11.6 Å². The zero-order valence-electron chi connectivity index (χ0n) is 13.5.